The maximum Gasteiger partial charge on any atom is 0.246 e. The van der Waals surface area contributed by atoms with Crippen molar-refractivity contribution in [3.63, 3.8) is 0 Å². The lowest BCUT2D eigenvalue weighted by atomic mass is 10.2. The first-order valence-electron chi connectivity index (χ1n) is 6.20. The molecule has 0 saturated heterocycles. The fraction of sp³-hybridized carbons (Fsp3) is 0.538. The Labute approximate surface area is 120 Å². The van der Waals surface area contributed by atoms with Crippen molar-refractivity contribution in [2.24, 2.45) is 0 Å². The lowest BCUT2D eigenvalue weighted by molar-refractivity contribution is 0.189. The van der Waals surface area contributed by atoms with E-state index in [1.807, 2.05) is 0 Å². The van der Waals surface area contributed by atoms with Crippen LogP contribution in [0.15, 0.2) is 23.1 Å². The highest BCUT2D eigenvalue weighted by Gasteiger charge is 2.24. The number of nitrogens with zero attached hydrogens (tertiary/aromatic N) is 1. The van der Waals surface area contributed by atoms with Crippen LogP contribution in [-0.2, 0) is 21.4 Å². The SMILES string of the molecule is COCCCN(C)S(=O)(=O)c1cc(CO)ccc1OC. The van der Waals surface area contributed by atoms with E-state index in [1.165, 1.54) is 24.5 Å². The number of methoxy groups -OCH3 is 2. The monoisotopic (exact) mass is 303 g/mol. The molecule has 0 spiro atoms. The Morgan fingerprint density at radius 3 is 2.55 bits per heavy atom. The van der Waals surface area contributed by atoms with Crippen molar-refractivity contribution >= 4 is 10.0 Å². The van der Waals surface area contributed by atoms with Crippen molar-refractivity contribution in [1.82, 2.24) is 4.31 Å². The molecule has 0 radical (unpaired) electrons. The molecule has 0 aromatic heterocycles. The van der Waals surface area contributed by atoms with E-state index in [4.69, 9.17) is 14.6 Å². The summed E-state index contributed by atoms with van der Waals surface area (Å²) < 4.78 is 36.3. The van der Waals surface area contributed by atoms with Crippen LogP contribution in [0.4, 0.5) is 0 Å². The molecule has 0 aliphatic heterocycles. The zero-order chi connectivity index (χ0) is 15.2. The fourth-order valence-corrected chi connectivity index (χ4v) is 3.15. The minimum atomic E-state index is -3.65. The van der Waals surface area contributed by atoms with E-state index in [0.717, 1.165) is 0 Å². The number of rotatable bonds is 8. The molecule has 1 rings (SSSR count). The van der Waals surface area contributed by atoms with Crippen LogP contribution in [0.5, 0.6) is 5.75 Å². The van der Waals surface area contributed by atoms with Crippen LogP contribution in [0.3, 0.4) is 0 Å². The van der Waals surface area contributed by atoms with Gasteiger partial charge in [-0.3, -0.25) is 0 Å². The van der Waals surface area contributed by atoms with Gasteiger partial charge < -0.3 is 14.6 Å². The molecular weight excluding hydrogens is 282 g/mol. The van der Waals surface area contributed by atoms with E-state index in [0.29, 0.717) is 25.1 Å². The second-order valence-corrected chi connectivity index (χ2v) is 6.33. The number of benzene rings is 1. The quantitative estimate of drug-likeness (QED) is 0.720. The molecular formula is C13H21NO5S. The zero-order valence-corrected chi connectivity index (χ0v) is 12.8. The summed E-state index contributed by atoms with van der Waals surface area (Å²) in [5, 5.41) is 9.14. The average Bonchev–Trinajstić information content (AvgIpc) is 2.46. The molecule has 0 atom stereocenters. The molecule has 0 bridgehead atoms. The Hall–Kier alpha value is -1.15. The fourth-order valence-electron chi connectivity index (χ4n) is 1.74. The third-order valence-electron chi connectivity index (χ3n) is 2.92. The van der Waals surface area contributed by atoms with Gasteiger partial charge in [0.25, 0.3) is 0 Å². The maximum atomic E-state index is 12.5. The summed E-state index contributed by atoms with van der Waals surface area (Å²) in [6.07, 6.45) is 0.605. The van der Waals surface area contributed by atoms with Crippen LogP contribution < -0.4 is 4.74 Å². The molecule has 0 fully saturated rings. The van der Waals surface area contributed by atoms with Crippen molar-refractivity contribution < 1.29 is 23.0 Å². The minimum absolute atomic E-state index is 0.0615. The maximum absolute atomic E-state index is 12.5. The first kappa shape index (κ1) is 16.9. The summed E-state index contributed by atoms with van der Waals surface area (Å²) in [5.74, 6) is 0.265. The molecule has 0 aliphatic carbocycles. The second-order valence-electron chi connectivity index (χ2n) is 4.32. The number of sulfonamides is 1. The van der Waals surface area contributed by atoms with Crippen molar-refractivity contribution in [2.45, 2.75) is 17.9 Å². The predicted octanol–water partition coefficient (Wildman–Crippen LogP) is 0.845. The molecule has 6 nitrogen and oxygen atoms in total. The summed E-state index contributed by atoms with van der Waals surface area (Å²) in [6.45, 7) is 0.621. The summed E-state index contributed by atoms with van der Waals surface area (Å²) in [7, 11) is 0.843. The normalized spacial score (nSPS) is 11.8. The Bertz CT molecular complexity index is 530. The van der Waals surface area contributed by atoms with Gasteiger partial charge in [-0.15, -0.1) is 0 Å². The van der Waals surface area contributed by atoms with Crippen LogP contribution in [0.1, 0.15) is 12.0 Å². The Balaban J connectivity index is 3.06. The van der Waals surface area contributed by atoms with Gasteiger partial charge in [-0.2, -0.15) is 0 Å². The van der Waals surface area contributed by atoms with Crippen molar-refractivity contribution in [2.75, 3.05) is 34.4 Å². The summed E-state index contributed by atoms with van der Waals surface area (Å²) in [6, 6.07) is 4.60. The molecule has 114 valence electrons. The molecule has 0 unspecified atom stereocenters. The van der Waals surface area contributed by atoms with E-state index in [-0.39, 0.29) is 17.3 Å². The highest BCUT2D eigenvalue weighted by Crippen LogP contribution is 2.27. The lowest BCUT2D eigenvalue weighted by Gasteiger charge is -2.19. The number of aliphatic hydroxyl groups excluding tert-OH is 1. The molecule has 1 aromatic carbocycles. The predicted molar refractivity (Wildman–Crippen MR) is 75.2 cm³/mol. The van der Waals surface area contributed by atoms with Crippen molar-refractivity contribution in [1.29, 1.82) is 0 Å². The van der Waals surface area contributed by atoms with Crippen LogP contribution in [0.2, 0.25) is 0 Å². The first-order chi connectivity index (χ1) is 9.47. The van der Waals surface area contributed by atoms with Gasteiger partial charge in [0.2, 0.25) is 10.0 Å². The molecule has 0 aliphatic rings. The van der Waals surface area contributed by atoms with Crippen LogP contribution >= 0.6 is 0 Å². The van der Waals surface area contributed by atoms with Gasteiger partial charge in [-0.05, 0) is 24.1 Å². The number of aliphatic hydroxyl groups is 1. The van der Waals surface area contributed by atoms with Crippen LogP contribution in [0, 0.1) is 0 Å². The highest BCUT2D eigenvalue weighted by atomic mass is 32.2. The molecule has 0 amide bonds. The van der Waals surface area contributed by atoms with Gasteiger partial charge in [0.05, 0.1) is 13.7 Å². The van der Waals surface area contributed by atoms with Gasteiger partial charge in [-0.25, -0.2) is 12.7 Å². The van der Waals surface area contributed by atoms with E-state index in [1.54, 1.807) is 19.2 Å². The van der Waals surface area contributed by atoms with Gasteiger partial charge in [-0.1, -0.05) is 6.07 Å². The summed E-state index contributed by atoms with van der Waals surface area (Å²) in [4.78, 5) is 0.0615. The molecule has 0 heterocycles. The van der Waals surface area contributed by atoms with Gasteiger partial charge in [0, 0.05) is 27.3 Å². The lowest BCUT2D eigenvalue weighted by Crippen LogP contribution is -2.29. The summed E-state index contributed by atoms with van der Waals surface area (Å²) >= 11 is 0. The third kappa shape index (κ3) is 3.92. The highest BCUT2D eigenvalue weighted by molar-refractivity contribution is 7.89. The van der Waals surface area contributed by atoms with Gasteiger partial charge >= 0.3 is 0 Å². The van der Waals surface area contributed by atoms with Crippen LogP contribution in [-0.4, -0.2) is 52.2 Å². The largest absolute Gasteiger partial charge is 0.495 e. The number of hydrogen-bond acceptors (Lipinski definition) is 5. The van der Waals surface area contributed by atoms with Crippen molar-refractivity contribution in [3.8, 4) is 5.75 Å². The minimum Gasteiger partial charge on any atom is -0.495 e. The standard InChI is InChI=1S/C13H21NO5S/c1-14(7-4-8-18-2)20(16,17)13-9-11(10-15)5-6-12(13)19-3/h5-6,9,15H,4,7-8,10H2,1-3H3. The molecule has 7 heteroatoms. The molecule has 0 saturated carbocycles. The Kier molecular flexibility index (Phi) is 6.41. The topological polar surface area (TPSA) is 76.1 Å². The van der Waals surface area contributed by atoms with Gasteiger partial charge in [0.15, 0.2) is 0 Å². The van der Waals surface area contributed by atoms with E-state index >= 15 is 0 Å². The summed E-state index contributed by atoms with van der Waals surface area (Å²) in [5.41, 5.74) is 0.523. The van der Waals surface area contributed by atoms with Crippen molar-refractivity contribution in [3.05, 3.63) is 23.8 Å². The van der Waals surface area contributed by atoms with E-state index in [2.05, 4.69) is 0 Å². The van der Waals surface area contributed by atoms with E-state index in [9.17, 15) is 8.42 Å². The first-order valence-corrected chi connectivity index (χ1v) is 7.64. The Morgan fingerprint density at radius 1 is 1.30 bits per heavy atom. The molecule has 20 heavy (non-hydrogen) atoms. The average molecular weight is 303 g/mol. The smallest absolute Gasteiger partial charge is 0.246 e. The molecule has 1 N–H and O–H groups in total. The Morgan fingerprint density at radius 2 is 2.00 bits per heavy atom. The van der Waals surface area contributed by atoms with Crippen LogP contribution in [0.25, 0.3) is 0 Å². The second kappa shape index (κ2) is 7.58. The molecule has 1 aromatic rings. The van der Waals surface area contributed by atoms with Gasteiger partial charge in [0.1, 0.15) is 10.6 Å². The number of ether oxygens (including phenoxy) is 2. The number of hydrogen-bond donors (Lipinski definition) is 1. The third-order valence-corrected chi connectivity index (χ3v) is 4.80. The van der Waals surface area contributed by atoms with E-state index < -0.39 is 10.0 Å². The zero-order valence-electron chi connectivity index (χ0n) is 12.0.